The van der Waals surface area contributed by atoms with Crippen LogP contribution in [0.25, 0.3) is 0 Å². The molecule has 1 heterocycles. The van der Waals surface area contributed by atoms with Crippen LogP contribution in [-0.4, -0.2) is 24.3 Å². The number of ether oxygens (including phenoxy) is 2. The van der Waals surface area contributed by atoms with Crippen LogP contribution in [-0.2, 0) is 5.66 Å². The van der Waals surface area contributed by atoms with Crippen LogP contribution in [0.5, 0.6) is 11.5 Å². The predicted octanol–water partition coefficient (Wildman–Crippen LogP) is 1.47. The van der Waals surface area contributed by atoms with E-state index in [4.69, 9.17) is 27.5 Å². The maximum Gasteiger partial charge on any atom is 0.200 e. The molecule has 1 aliphatic heterocycles. The first-order valence-electron chi connectivity index (χ1n) is 7.03. The third kappa shape index (κ3) is 2.48. The number of benzene rings is 2. The average molecular weight is 330 g/mol. The molecule has 0 bridgehead atoms. The molecule has 2 aromatic rings. The van der Waals surface area contributed by atoms with Crippen LogP contribution in [0.2, 0.25) is 0 Å². The topological polar surface area (TPSA) is 71.8 Å². The Morgan fingerprint density at radius 3 is 1.65 bits per heavy atom. The summed E-state index contributed by atoms with van der Waals surface area (Å²) in [6, 6.07) is 15.3. The number of hydrogen-bond acceptors (Lipinski definition) is 5. The Morgan fingerprint density at radius 2 is 1.35 bits per heavy atom. The highest BCUT2D eigenvalue weighted by Gasteiger charge is 2.45. The lowest BCUT2D eigenvalue weighted by Gasteiger charge is -2.35. The molecule has 6 nitrogen and oxygen atoms in total. The zero-order valence-corrected chi connectivity index (χ0v) is 13.7. The van der Waals surface area contributed by atoms with Crippen molar-refractivity contribution in [3.63, 3.8) is 0 Å². The second-order valence-corrected chi connectivity index (χ2v) is 5.48. The van der Waals surface area contributed by atoms with E-state index in [2.05, 4.69) is 10.9 Å². The van der Waals surface area contributed by atoms with Crippen molar-refractivity contribution in [3.05, 3.63) is 59.7 Å². The Labute approximate surface area is 140 Å². The van der Waals surface area contributed by atoms with Gasteiger partial charge in [-0.3, -0.25) is 10.4 Å². The van der Waals surface area contributed by atoms with Gasteiger partial charge >= 0.3 is 0 Å². The van der Waals surface area contributed by atoms with E-state index >= 15 is 0 Å². The number of nitrogens with zero attached hydrogens (tertiary/aromatic N) is 1. The molecular formula is C16H18N4O2S. The number of rotatable bonds is 4. The molecule has 4 N–H and O–H groups in total. The fourth-order valence-electron chi connectivity index (χ4n) is 2.67. The maximum absolute atomic E-state index is 6.27. The summed E-state index contributed by atoms with van der Waals surface area (Å²) in [5.74, 6) is 7.81. The predicted molar refractivity (Wildman–Crippen MR) is 91.7 cm³/mol. The highest BCUT2D eigenvalue weighted by atomic mass is 32.1. The average Bonchev–Trinajstić information content (AvgIpc) is 2.91. The molecule has 1 aliphatic rings. The van der Waals surface area contributed by atoms with Crippen molar-refractivity contribution in [1.29, 1.82) is 0 Å². The van der Waals surface area contributed by atoms with Gasteiger partial charge in [-0.05, 0) is 36.5 Å². The fourth-order valence-corrected chi connectivity index (χ4v) is 2.86. The van der Waals surface area contributed by atoms with E-state index in [0.29, 0.717) is 5.11 Å². The van der Waals surface area contributed by atoms with Gasteiger partial charge in [0.2, 0.25) is 0 Å². The molecule has 0 aromatic heterocycles. The minimum Gasteiger partial charge on any atom is -0.497 e. The lowest BCUT2D eigenvalue weighted by atomic mass is 9.91. The summed E-state index contributed by atoms with van der Waals surface area (Å²) in [6.07, 6.45) is 0. The number of hydrazine groups is 2. The largest absolute Gasteiger partial charge is 0.497 e. The van der Waals surface area contributed by atoms with E-state index in [1.165, 1.54) is 5.01 Å². The van der Waals surface area contributed by atoms with E-state index < -0.39 is 5.66 Å². The molecular weight excluding hydrogens is 312 g/mol. The van der Waals surface area contributed by atoms with Gasteiger partial charge in [0.15, 0.2) is 10.8 Å². The smallest absolute Gasteiger partial charge is 0.200 e. The van der Waals surface area contributed by atoms with Gasteiger partial charge in [0, 0.05) is 11.1 Å². The number of hydrogen-bond donors (Lipinski definition) is 3. The SMILES string of the molecule is COc1ccc(C2(c3ccc(OC)cc3)NNC(=S)N2N)cc1. The standard InChI is InChI=1S/C16H18N4O2S/c1-21-13-7-3-11(4-8-13)16(19-18-15(23)20(16)17)12-5-9-14(22-2)10-6-12/h3-10,19H,17H2,1-2H3,(H,18,23). The zero-order valence-electron chi connectivity index (χ0n) is 12.9. The summed E-state index contributed by atoms with van der Waals surface area (Å²) in [4.78, 5) is 0. The van der Waals surface area contributed by atoms with Crippen LogP contribution in [0.4, 0.5) is 0 Å². The second-order valence-electron chi connectivity index (χ2n) is 5.09. The molecule has 120 valence electrons. The molecule has 0 saturated carbocycles. The summed E-state index contributed by atoms with van der Waals surface area (Å²) in [5, 5.41) is 1.92. The number of thiocarbonyl (C=S) groups is 1. The highest BCUT2D eigenvalue weighted by Crippen LogP contribution is 2.35. The van der Waals surface area contributed by atoms with E-state index in [-0.39, 0.29) is 0 Å². The minimum absolute atomic E-state index is 0.414. The van der Waals surface area contributed by atoms with Crippen LogP contribution < -0.4 is 26.2 Å². The molecule has 0 aliphatic carbocycles. The highest BCUT2D eigenvalue weighted by molar-refractivity contribution is 7.80. The molecule has 0 atom stereocenters. The van der Waals surface area contributed by atoms with Crippen molar-refractivity contribution in [3.8, 4) is 11.5 Å². The van der Waals surface area contributed by atoms with Crippen molar-refractivity contribution in [2.75, 3.05) is 14.2 Å². The van der Waals surface area contributed by atoms with Gasteiger partial charge in [0.1, 0.15) is 11.5 Å². The molecule has 7 heteroatoms. The molecule has 0 unspecified atom stereocenters. The summed E-state index contributed by atoms with van der Waals surface area (Å²) < 4.78 is 10.5. The van der Waals surface area contributed by atoms with Gasteiger partial charge in [-0.1, -0.05) is 24.3 Å². The monoisotopic (exact) mass is 330 g/mol. The molecule has 0 amide bonds. The fraction of sp³-hybridized carbons (Fsp3) is 0.188. The van der Waals surface area contributed by atoms with Crippen molar-refractivity contribution >= 4 is 17.3 Å². The van der Waals surface area contributed by atoms with Gasteiger partial charge in [0.05, 0.1) is 14.2 Å². The Kier molecular flexibility index (Phi) is 4.08. The molecule has 1 saturated heterocycles. The van der Waals surface area contributed by atoms with Crippen molar-refractivity contribution in [2.45, 2.75) is 5.66 Å². The zero-order chi connectivity index (χ0) is 16.4. The molecule has 23 heavy (non-hydrogen) atoms. The van der Waals surface area contributed by atoms with Crippen molar-refractivity contribution in [2.24, 2.45) is 5.84 Å². The van der Waals surface area contributed by atoms with Gasteiger partial charge < -0.3 is 9.47 Å². The summed E-state index contributed by atoms with van der Waals surface area (Å²) in [7, 11) is 3.27. The summed E-state index contributed by atoms with van der Waals surface area (Å²) in [6.45, 7) is 0. The van der Waals surface area contributed by atoms with Crippen LogP contribution in [0.3, 0.4) is 0 Å². The number of nitrogens with two attached hydrogens (primary N) is 1. The molecule has 0 radical (unpaired) electrons. The molecule has 3 rings (SSSR count). The van der Waals surface area contributed by atoms with E-state index in [1.54, 1.807) is 14.2 Å². The lowest BCUT2D eigenvalue weighted by Crippen LogP contribution is -2.53. The van der Waals surface area contributed by atoms with Gasteiger partial charge in [-0.15, -0.1) is 0 Å². The maximum atomic E-state index is 6.27. The van der Waals surface area contributed by atoms with E-state index in [1.807, 2.05) is 48.5 Å². The quantitative estimate of drug-likeness (QED) is 0.579. The summed E-state index contributed by atoms with van der Waals surface area (Å²) in [5.41, 5.74) is 7.19. The number of nitrogens with one attached hydrogen (secondary N) is 2. The Bertz CT molecular complexity index is 656. The Hall–Kier alpha value is -2.35. The molecule has 2 aromatic carbocycles. The van der Waals surface area contributed by atoms with Crippen LogP contribution >= 0.6 is 12.2 Å². The first-order chi connectivity index (χ1) is 11.1. The third-order valence-electron chi connectivity index (χ3n) is 3.95. The van der Waals surface area contributed by atoms with Crippen molar-refractivity contribution < 1.29 is 9.47 Å². The summed E-state index contributed by atoms with van der Waals surface area (Å²) >= 11 is 5.27. The van der Waals surface area contributed by atoms with Crippen LogP contribution in [0, 0.1) is 0 Å². The van der Waals surface area contributed by atoms with Gasteiger partial charge in [0.25, 0.3) is 0 Å². The second kappa shape index (κ2) is 6.04. The van der Waals surface area contributed by atoms with Crippen LogP contribution in [0.15, 0.2) is 48.5 Å². The lowest BCUT2D eigenvalue weighted by molar-refractivity contribution is 0.214. The van der Waals surface area contributed by atoms with E-state index in [9.17, 15) is 0 Å². The first-order valence-corrected chi connectivity index (χ1v) is 7.44. The van der Waals surface area contributed by atoms with E-state index in [0.717, 1.165) is 22.6 Å². The third-order valence-corrected chi connectivity index (χ3v) is 4.24. The first kappa shape index (κ1) is 15.5. The normalized spacial score (nSPS) is 16.1. The van der Waals surface area contributed by atoms with Gasteiger partial charge in [-0.2, -0.15) is 0 Å². The molecule has 1 fully saturated rings. The number of methoxy groups -OCH3 is 2. The Balaban J connectivity index is 2.11. The minimum atomic E-state index is -0.810. The van der Waals surface area contributed by atoms with Crippen LogP contribution in [0.1, 0.15) is 11.1 Å². The molecule has 0 spiro atoms. The van der Waals surface area contributed by atoms with Crippen molar-refractivity contribution in [1.82, 2.24) is 15.9 Å². The Morgan fingerprint density at radius 1 is 0.913 bits per heavy atom. The van der Waals surface area contributed by atoms with Gasteiger partial charge in [-0.25, -0.2) is 11.3 Å².